The van der Waals surface area contributed by atoms with Crippen LogP contribution in [0.2, 0.25) is 0 Å². The first kappa shape index (κ1) is 21.1. The lowest BCUT2D eigenvalue weighted by Crippen LogP contribution is -2.54. The third-order valence-corrected chi connectivity index (χ3v) is 10.7. The van der Waals surface area contributed by atoms with Gasteiger partial charge in [0.05, 0.1) is 6.20 Å². The summed E-state index contributed by atoms with van der Waals surface area (Å²) < 4.78 is 0. The van der Waals surface area contributed by atoms with Crippen molar-refractivity contribution in [1.29, 1.82) is 0 Å². The molecule has 3 aliphatic carbocycles. The largest absolute Gasteiger partial charge is 0.396 e. The van der Waals surface area contributed by atoms with E-state index in [1.807, 2.05) is 6.20 Å². The predicted octanol–water partition coefficient (Wildman–Crippen LogP) is 4.17. The molecule has 0 amide bonds. The molecule has 2 N–H and O–H groups in total. The Bertz CT molecular complexity index is 787. The van der Waals surface area contributed by atoms with Crippen LogP contribution in [0.5, 0.6) is 0 Å². The maximum absolute atomic E-state index is 10.4. The standard InChI is InChI=1S/C25H39N3OS/c1-17-4-5-21-20(15-28-8-10-30-11-9-28)22(6-7-24(17,21)2)25(3)13-18-14-26-27-23(18)12-19(25)16-29/h14,19-22,29H,1,4-13,15-16H2,2-3H3,(H,26,27)/t19-,20+,21+,22+,24-,25+/m1/s1. The molecule has 1 aromatic rings. The van der Waals surface area contributed by atoms with Crippen LogP contribution in [0.25, 0.3) is 0 Å². The lowest BCUT2D eigenvalue weighted by molar-refractivity contribution is -0.0662. The molecule has 2 heterocycles. The summed E-state index contributed by atoms with van der Waals surface area (Å²) >= 11 is 2.11. The van der Waals surface area contributed by atoms with Crippen LogP contribution in [0, 0.1) is 34.5 Å². The average Bonchev–Trinajstić information content (AvgIpc) is 3.31. The van der Waals surface area contributed by atoms with Gasteiger partial charge in [-0.2, -0.15) is 16.9 Å². The highest BCUT2D eigenvalue weighted by molar-refractivity contribution is 7.99. The monoisotopic (exact) mass is 429 g/mol. The second kappa shape index (κ2) is 7.97. The molecule has 3 fully saturated rings. The molecule has 0 bridgehead atoms. The van der Waals surface area contributed by atoms with Crippen molar-refractivity contribution in [3.8, 4) is 0 Å². The maximum Gasteiger partial charge on any atom is 0.0522 e. The van der Waals surface area contributed by atoms with Crippen LogP contribution in [0.3, 0.4) is 0 Å². The minimum atomic E-state index is 0.145. The number of thioether (sulfide) groups is 1. The number of aliphatic hydroxyl groups is 1. The van der Waals surface area contributed by atoms with E-state index in [0.717, 1.165) is 18.8 Å². The summed E-state index contributed by atoms with van der Waals surface area (Å²) in [4.78, 5) is 2.75. The Morgan fingerprint density at radius 1 is 1.27 bits per heavy atom. The van der Waals surface area contributed by atoms with Crippen molar-refractivity contribution in [2.24, 2.45) is 34.5 Å². The molecule has 1 saturated heterocycles. The minimum absolute atomic E-state index is 0.145. The van der Waals surface area contributed by atoms with Crippen LogP contribution in [0.4, 0.5) is 0 Å². The molecule has 5 rings (SSSR count). The molecule has 0 aromatic carbocycles. The summed E-state index contributed by atoms with van der Waals surface area (Å²) in [6.45, 7) is 13.6. The molecule has 1 aromatic heterocycles. The number of nitrogens with one attached hydrogen (secondary N) is 1. The first-order valence-corrected chi connectivity index (χ1v) is 13.2. The van der Waals surface area contributed by atoms with Crippen LogP contribution >= 0.6 is 11.8 Å². The molecule has 166 valence electrons. The molecule has 5 heteroatoms. The second-order valence-corrected chi connectivity index (χ2v) is 12.3. The molecule has 0 radical (unpaired) electrons. The number of hydrogen-bond acceptors (Lipinski definition) is 4. The summed E-state index contributed by atoms with van der Waals surface area (Å²) in [6, 6.07) is 0. The molecule has 6 atom stereocenters. The SMILES string of the molecule is C=C1CC[C@H]2[C@H](CN3CCSCC3)[C@@H]([C@@]3(C)Cc4cn[nH]c4C[C@@H]3CO)CC[C@]12C. The van der Waals surface area contributed by atoms with Crippen molar-refractivity contribution >= 4 is 11.8 Å². The van der Waals surface area contributed by atoms with Crippen molar-refractivity contribution in [2.45, 2.75) is 52.4 Å². The third kappa shape index (κ3) is 3.31. The van der Waals surface area contributed by atoms with Gasteiger partial charge in [-0.25, -0.2) is 0 Å². The van der Waals surface area contributed by atoms with Gasteiger partial charge >= 0.3 is 0 Å². The van der Waals surface area contributed by atoms with Gasteiger partial charge in [0.2, 0.25) is 0 Å². The predicted molar refractivity (Wildman–Crippen MR) is 125 cm³/mol. The first-order chi connectivity index (χ1) is 14.5. The van der Waals surface area contributed by atoms with Gasteiger partial charge in [0.15, 0.2) is 0 Å². The molecule has 0 unspecified atom stereocenters. The summed E-state index contributed by atoms with van der Waals surface area (Å²) in [5.41, 5.74) is 4.62. The Morgan fingerprint density at radius 2 is 2.07 bits per heavy atom. The van der Waals surface area contributed by atoms with Crippen LogP contribution in [-0.4, -0.2) is 58.0 Å². The van der Waals surface area contributed by atoms with E-state index in [9.17, 15) is 5.11 Å². The van der Waals surface area contributed by atoms with E-state index in [0.29, 0.717) is 23.2 Å². The average molecular weight is 430 g/mol. The van der Waals surface area contributed by atoms with Crippen molar-refractivity contribution in [3.05, 3.63) is 29.6 Å². The van der Waals surface area contributed by atoms with E-state index in [1.165, 1.54) is 73.7 Å². The molecule has 0 spiro atoms. The van der Waals surface area contributed by atoms with Gasteiger partial charge in [-0.15, -0.1) is 0 Å². The molecule has 4 nitrogen and oxygen atoms in total. The van der Waals surface area contributed by atoms with Crippen LogP contribution in [0.15, 0.2) is 18.3 Å². The maximum atomic E-state index is 10.4. The lowest BCUT2D eigenvalue weighted by Gasteiger charge is -2.56. The fourth-order valence-corrected chi connectivity index (χ4v) is 8.74. The molecule has 30 heavy (non-hydrogen) atoms. The van der Waals surface area contributed by atoms with Crippen LogP contribution in [0.1, 0.15) is 50.8 Å². The minimum Gasteiger partial charge on any atom is -0.396 e. The summed E-state index contributed by atoms with van der Waals surface area (Å²) in [5.74, 6) is 5.00. The highest BCUT2D eigenvalue weighted by Gasteiger charge is 2.57. The van der Waals surface area contributed by atoms with E-state index in [1.54, 1.807) is 0 Å². The Labute approximate surface area is 186 Å². The Hall–Kier alpha value is -0.780. The smallest absolute Gasteiger partial charge is 0.0522 e. The topological polar surface area (TPSA) is 52.2 Å². The number of nitrogens with zero attached hydrogens (tertiary/aromatic N) is 2. The van der Waals surface area contributed by atoms with E-state index in [-0.39, 0.29) is 12.0 Å². The number of hydrogen-bond donors (Lipinski definition) is 2. The zero-order valence-electron chi connectivity index (χ0n) is 18.8. The molecular weight excluding hydrogens is 390 g/mol. The first-order valence-electron chi connectivity index (χ1n) is 12.1. The Morgan fingerprint density at radius 3 is 2.83 bits per heavy atom. The van der Waals surface area contributed by atoms with Crippen molar-refractivity contribution in [1.82, 2.24) is 15.1 Å². The number of allylic oxidation sites excluding steroid dienone is 1. The zero-order chi connectivity index (χ0) is 20.9. The number of aliphatic hydroxyl groups excluding tert-OH is 1. The number of aromatic nitrogens is 2. The molecule has 4 aliphatic rings. The summed E-state index contributed by atoms with van der Waals surface area (Å²) in [5, 5.41) is 18.0. The quantitative estimate of drug-likeness (QED) is 0.706. The number of H-pyrrole nitrogens is 1. The number of aromatic amines is 1. The van der Waals surface area contributed by atoms with E-state index in [2.05, 4.69) is 47.3 Å². The van der Waals surface area contributed by atoms with E-state index < -0.39 is 0 Å². The zero-order valence-corrected chi connectivity index (χ0v) is 19.6. The van der Waals surface area contributed by atoms with Crippen molar-refractivity contribution in [2.75, 3.05) is 37.7 Å². The third-order valence-electron chi connectivity index (χ3n) is 9.79. The fraction of sp³-hybridized carbons (Fsp3) is 0.800. The highest BCUT2D eigenvalue weighted by Crippen LogP contribution is 2.63. The normalized spacial score (nSPS) is 42.2. The van der Waals surface area contributed by atoms with Gasteiger partial charge in [-0.3, -0.25) is 5.10 Å². The molecular formula is C25H39N3OS. The van der Waals surface area contributed by atoms with Gasteiger partial charge in [0, 0.05) is 43.4 Å². The van der Waals surface area contributed by atoms with E-state index >= 15 is 0 Å². The van der Waals surface area contributed by atoms with Crippen molar-refractivity contribution in [3.63, 3.8) is 0 Å². The van der Waals surface area contributed by atoms with Crippen LogP contribution < -0.4 is 0 Å². The molecule has 2 saturated carbocycles. The van der Waals surface area contributed by atoms with Crippen LogP contribution in [-0.2, 0) is 12.8 Å². The Kier molecular flexibility index (Phi) is 5.60. The van der Waals surface area contributed by atoms with Gasteiger partial charge in [0.1, 0.15) is 0 Å². The van der Waals surface area contributed by atoms with Gasteiger partial charge in [0.25, 0.3) is 0 Å². The lowest BCUT2D eigenvalue weighted by atomic mass is 9.49. The van der Waals surface area contributed by atoms with Gasteiger partial charge in [-0.1, -0.05) is 26.0 Å². The number of rotatable bonds is 4. The Balaban J connectivity index is 1.49. The highest BCUT2D eigenvalue weighted by atomic mass is 32.2. The number of fused-ring (bicyclic) bond motifs is 2. The molecule has 1 aliphatic heterocycles. The van der Waals surface area contributed by atoms with Crippen molar-refractivity contribution < 1.29 is 5.11 Å². The summed E-state index contributed by atoms with van der Waals surface area (Å²) in [6.07, 6.45) is 9.13. The second-order valence-electron chi connectivity index (χ2n) is 11.0. The van der Waals surface area contributed by atoms with Gasteiger partial charge < -0.3 is 10.0 Å². The fourth-order valence-electron chi connectivity index (χ4n) is 7.76. The van der Waals surface area contributed by atoms with Gasteiger partial charge in [-0.05, 0) is 78.6 Å². The van der Waals surface area contributed by atoms with E-state index in [4.69, 9.17) is 0 Å². The summed E-state index contributed by atoms with van der Waals surface area (Å²) in [7, 11) is 0.